The molecule has 0 fully saturated rings. The molecule has 0 aromatic heterocycles. The fourth-order valence-electron chi connectivity index (χ4n) is 2.51. The molecule has 6 nitrogen and oxygen atoms in total. The average Bonchev–Trinajstić information content (AvgIpc) is 2.73. The van der Waals surface area contributed by atoms with E-state index < -0.39 is 7.58 Å². The third-order valence-electron chi connectivity index (χ3n) is 4.14. The zero-order valence-corrected chi connectivity index (χ0v) is 22.7. The first-order chi connectivity index (χ1) is 14.9. The highest BCUT2D eigenvalue weighted by Crippen LogP contribution is 2.17. The van der Waals surface area contributed by atoms with E-state index >= 15 is 0 Å². The summed E-state index contributed by atoms with van der Waals surface area (Å²) in [6.07, 6.45) is 20.1. The average molecular weight is 487 g/mol. The smallest absolute Gasteiger partial charge is 0.305 e. The van der Waals surface area contributed by atoms with Crippen LogP contribution in [0.4, 0.5) is 0 Å². The van der Waals surface area contributed by atoms with Crippen molar-refractivity contribution in [2.45, 2.75) is 117 Å². The summed E-state index contributed by atoms with van der Waals surface area (Å²) in [5, 5.41) is 0. The normalized spacial score (nSPS) is 9.45. The molecule has 0 rings (SSSR count). The van der Waals surface area contributed by atoms with Gasteiger partial charge in [0.05, 0.1) is 7.11 Å². The maximum atomic E-state index is 10.7. The second-order valence-electron chi connectivity index (χ2n) is 7.28. The standard InChI is InChI=1S/C11H22O2.C10H20O.C2H6O.ClH4N2P/c1-3-4-5-6-7-8-9-10-11(12)13-2;1-2-3-4-5-6-7-8-9-10-11;1-3-2;1-4(2)3/h3-10H2,1-2H3;10H,2-9H2,1H3;1-2H3;2-3H2. The highest BCUT2D eigenvalue weighted by molar-refractivity contribution is 7.80. The number of nitrogens with two attached hydrogens (primary N) is 2. The number of ether oxygens (including phenoxy) is 2. The maximum absolute atomic E-state index is 10.7. The highest BCUT2D eigenvalue weighted by atomic mass is 35.7. The largest absolute Gasteiger partial charge is 0.469 e. The minimum absolute atomic E-state index is 0.0754. The molecule has 4 N–H and O–H groups in total. The molecule has 0 bridgehead atoms. The van der Waals surface area contributed by atoms with Crippen LogP contribution in [0.15, 0.2) is 0 Å². The number of methoxy groups -OCH3 is 2. The quantitative estimate of drug-likeness (QED) is 0.103. The van der Waals surface area contributed by atoms with Gasteiger partial charge in [0.15, 0.2) is 0 Å². The second-order valence-corrected chi connectivity index (χ2v) is 9.14. The van der Waals surface area contributed by atoms with Crippen LogP contribution in [0.3, 0.4) is 0 Å². The third kappa shape index (κ3) is 65.2. The highest BCUT2D eigenvalue weighted by Gasteiger charge is 1.98. The Morgan fingerprint density at radius 2 is 1.10 bits per heavy atom. The minimum Gasteiger partial charge on any atom is -0.469 e. The summed E-state index contributed by atoms with van der Waals surface area (Å²) in [6, 6.07) is 0. The molecule has 0 aliphatic carbocycles. The van der Waals surface area contributed by atoms with Crippen molar-refractivity contribution in [3.8, 4) is 0 Å². The minimum atomic E-state index is -1.15. The molecule has 31 heavy (non-hydrogen) atoms. The van der Waals surface area contributed by atoms with E-state index in [9.17, 15) is 9.59 Å². The van der Waals surface area contributed by atoms with Crippen LogP contribution >= 0.6 is 18.8 Å². The lowest BCUT2D eigenvalue weighted by Crippen LogP contribution is -1.99. The summed E-state index contributed by atoms with van der Waals surface area (Å²) < 4.78 is 8.81. The number of halogens is 1. The first kappa shape index (κ1) is 38.0. The van der Waals surface area contributed by atoms with Gasteiger partial charge in [-0.15, -0.1) is 0 Å². The first-order valence-corrected chi connectivity index (χ1v) is 14.1. The fraction of sp³-hybridized carbons (Fsp3) is 0.913. The van der Waals surface area contributed by atoms with Crippen LogP contribution in [-0.4, -0.2) is 33.6 Å². The van der Waals surface area contributed by atoms with Gasteiger partial charge in [0.25, 0.3) is 0 Å². The molecule has 0 saturated heterocycles. The molecule has 0 spiro atoms. The van der Waals surface area contributed by atoms with Crippen molar-refractivity contribution in [1.29, 1.82) is 0 Å². The van der Waals surface area contributed by atoms with Crippen LogP contribution in [0.2, 0.25) is 0 Å². The number of hydrogen-bond donors (Lipinski definition) is 2. The Hall–Kier alpha value is -0.260. The van der Waals surface area contributed by atoms with Gasteiger partial charge in [-0.05, 0) is 12.8 Å². The second kappa shape index (κ2) is 40.1. The Morgan fingerprint density at radius 3 is 1.42 bits per heavy atom. The van der Waals surface area contributed by atoms with E-state index in [2.05, 4.69) is 23.3 Å². The van der Waals surface area contributed by atoms with E-state index in [4.69, 9.17) is 22.2 Å². The van der Waals surface area contributed by atoms with Crippen LogP contribution in [0.5, 0.6) is 0 Å². The Labute approximate surface area is 199 Å². The summed E-state index contributed by atoms with van der Waals surface area (Å²) in [4.78, 5) is 20.7. The number of esters is 1. The Bertz CT molecular complexity index is 323. The van der Waals surface area contributed by atoms with Gasteiger partial charge in [0.1, 0.15) is 13.9 Å². The summed E-state index contributed by atoms with van der Waals surface area (Å²) >= 11 is 4.90. The van der Waals surface area contributed by atoms with Gasteiger partial charge < -0.3 is 14.3 Å². The van der Waals surface area contributed by atoms with Gasteiger partial charge in [0, 0.05) is 27.1 Å². The molecule has 8 heteroatoms. The van der Waals surface area contributed by atoms with Crippen LogP contribution in [0, 0.1) is 0 Å². The van der Waals surface area contributed by atoms with E-state index in [0.29, 0.717) is 6.42 Å². The molecule has 190 valence electrons. The van der Waals surface area contributed by atoms with Crippen molar-refractivity contribution < 1.29 is 19.1 Å². The van der Waals surface area contributed by atoms with Crippen LogP contribution in [0.25, 0.3) is 0 Å². The van der Waals surface area contributed by atoms with Crippen molar-refractivity contribution >= 4 is 31.1 Å². The molecule has 0 atom stereocenters. The SMILES string of the molecule is CCCCCCCCCC(=O)OC.CCCCCCCCCC=O.COC.NP(N)Cl. The maximum Gasteiger partial charge on any atom is 0.305 e. The number of unbranched alkanes of at least 4 members (excludes halogenated alkanes) is 13. The van der Waals surface area contributed by atoms with E-state index in [0.717, 1.165) is 25.5 Å². The molecule has 0 heterocycles. The van der Waals surface area contributed by atoms with Gasteiger partial charge in [-0.1, -0.05) is 102 Å². The van der Waals surface area contributed by atoms with E-state index in [-0.39, 0.29) is 5.97 Å². The van der Waals surface area contributed by atoms with Gasteiger partial charge >= 0.3 is 5.97 Å². The molecule has 0 aromatic rings. The number of rotatable bonds is 16. The zero-order valence-electron chi connectivity index (χ0n) is 21.0. The van der Waals surface area contributed by atoms with Crippen molar-refractivity contribution in [2.24, 2.45) is 11.0 Å². The number of carbonyl (C=O) groups excluding carboxylic acids is 2. The lowest BCUT2D eigenvalue weighted by molar-refractivity contribution is -0.140. The Kier molecular flexibility index (Phi) is 49.2. The first-order valence-electron chi connectivity index (χ1n) is 11.7. The number of hydrogen-bond acceptors (Lipinski definition) is 6. The molecule has 0 aliphatic heterocycles. The number of aldehydes is 1. The van der Waals surface area contributed by atoms with Gasteiger partial charge in [-0.3, -0.25) is 15.8 Å². The lowest BCUT2D eigenvalue weighted by Gasteiger charge is -2.00. The molecule has 0 aliphatic rings. The Morgan fingerprint density at radius 1 is 0.774 bits per heavy atom. The molecule has 0 amide bonds. The molecule has 0 aromatic carbocycles. The monoisotopic (exact) mass is 486 g/mol. The van der Waals surface area contributed by atoms with Crippen molar-refractivity contribution in [2.75, 3.05) is 21.3 Å². The van der Waals surface area contributed by atoms with E-state index in [1.54, 1.807) is 14.2 Å². The predicted octanol–water partition coefficient (Wildman–Crippen LogP) is 7.26. The topological polar surface area (TPSA) is 105 Å². The van der Waals surface area contributed by atoms with Crippen LogP contribution < -0.4 is 11.0 Å². The van der Waals surface area contributed by atoms with E-state index in [1.165, 1.54) is 84.2 Å². The van der Waals surface area contributed by atoms with Gasteiger partial charge in [-0.25, -0.2) is 0 Å². The summed E-state index contributed by atoms with van der Waals surface area (Å²) in [5.74, 6) is -0.0754. The Balaban J connectivity index is -0.000000182. The van der Waals surface area contributed by atoms with Crippen molar-refractivity contribution in [3.05, 3.63) is 0 Å². The number of carbonyl (C=O) groups is 2. The predicted molar refractivity (Wildman–Crippen MR) is 137 cm³/mol. The van der Waals surface area contributed by atoms with Gasteiger partial charge in [-0.2, -0.15) is 0 Å². The molecular formula is C23H52ClN2O4P. The molecule has 0 saturated carbocycles. The summed E-state index contributed by atoms with van der Waals surface area (Å²) in [7, 11) is 3.55. The van der Waals surface area contributed by atoms with Gasteiger partial charge in [0.2, 0.25) is 0 Å². The van der Waals surface area contributed by atoms with Crippen LogP contribution in [0.1, 0.15) is 117 Å². The fourth-order valence-corrected chi connectivity index (χ4v) is 2.51. The molecular weight excluding hydrogens is 435 g/mol. The summed E-state index contributed by atoms with van der Waals surface area (Å²) in [6.45, 7) is 4.45. The third-order valence-corrected chi connectivity index (χ3v) is 4.14. The zero-order chi connectivity index (χ0) is 24.6. The molecule has 0 unspecified atom stereocenters. The lowest BCUT2D eigenvalue weighted by atomic mass is 10.1. The summed E-state index contributed by atoms with van der Waals surface area (Å²) in [5.41, 5.74) is 9.44. The van der Waals surface area contributed by atoms with Crippen LogP contribution in [-0.2, 0) is 19.1 Å². The van der Waals surface area contributed by atoms with E-state index in [1.807, 2.05) is 0 Å². The molecule has 0 radical (unpaired) electrons. The van der Waals surface area contributed by atoms with Crippen molar-refractivity contribution in [1.82, 2.24) is 0 Å². The van der Waals surface area contributed by atoms with Crippen molar-refractivity contribution in [3.63, 3.8) is 0 Å².